The summed E-state index contributed by atoms with van der Waals surface area (Å²) in [6.07, 6.45) is 1.63. The number of para-hydroxylation sites is 1. The SMILES string of the molecule is COc1cccc2c1nc(C(F)F)n2-c1cc(N2CCOCC2)nc(NCC2CCN(C3CCOCC3)CC2)n1. The van der Waals surface area contributed by atoms with Crippen LogP contribution >= 0.6 is 0 Å². The van der Waals surface area contributed by atoms with Crippen LogP contribution in [0.2, 0.25) is 0 Å². The fourth-order valence-corrected chi connectivity index (χ4v) is 6.02. The van der Waals surface area contributed by atoms with Crippen molar-refractivity contribution in [1.82, 2.24) is 24.4 Å². The van der Waals surface area contributed by atoms with Crippen molar-refractivity contribution >= 4 is 22.8 Å². The van der Waals surface area contributed by atoms with E-state index in [1.165, 1.54) is 11.7 Å². The summed E-state index contributed by atoms with van der Waals surface area (Å²) in [5, 5.41) is 3.45. The summed E-state index contributed by atoms with van der Waals surface area (Å²) in [6.45, 7) is 7.11. The van der Waals surface area contributed by atoms with Crippen molar-refractivity contribution < 1.29 is 23.0 Å². The van der Waals surface area contributed by atoms with Gasteiger partial charge in [0.25, 0.3) is 6.43 Å². The lowest BCUT2D eigenvalue weighted by Gasteiger charge is -2.39. The second-order valence-electron chi connectivity index (χ2n) is 10.6. The number of hydrogen-bond acceptors (Lipinski definition) is 9. The fraction of sp³-hybridized carbons (Fsp3) is 0.607. The molecule has 0 amide bonds. The molecule has 0 radical (unpaired) electrons. The molecule has 216 valence electrons. The molecule has 1 aromatic carbocycles. The van der Waals surface area contributed by atoms with Gasteiger partial charge in [-0.05, 0) is 56.8 Å². The maximum absolute atomic E-state index is 14.3. The molecule has 0 saturated carbocycles. The Morgan fingerprint density at radius 1 is 0.950 bits per heavy atom. The molecule has 3 aliphatic heterocycles. The number of nitrogens with zero attached hydrogens (tertiary/aromatic N) is 6. The predicted octanol–water partition coefficient (Wildman–Crippen LogP) is 3.90. The maximum Gasteiger partial charge on any atom is 0.296 e. The topological polar surface area (TPSA) is 89.8 Å². The van der Waals surface area contributed by atoms with Gasteiger partial charge in [-0.2, -0.15) is 9.97 Å². The summed E-state index contributed by atoms with van der Waals surface area (Å²) in [5.41, 5.74) is 0.880. The first-order chi connectivity index (χ1) is 19.6. The Labute approximate surface area is 232 Å². The smallest absolute Gasteiger partial charge is 0.296 e. The minimum atomic E-state index is -2.80. The van der Waals surface area contributed by atoms with Crippen molar-refractivity contribution in [3.63, 3.8) is 0 Å². The molecule has 5 heterocycles. The zero-order valence-corrected chi connectivity index (χ0v) is 22.9. The molecule has 1 N–H and O–H groups in total. The average Bonchev–Trinajstić information content (AvgIpc) is 3.41. The van der Waals surface area contributed by atoms with Crippen LogP contribution in [0.3, 0.4) is 0 Å². The van der Waals surface area contributed by atoms with Crippen LogP contribution in [-0.4, -0.2) is 96.7 Å². The van der Waals surface area contributed by atoms with Crippen LogP contribution in [0.5, 0.6) is 5.75 Å². The highest BCUT2D eigenvalue weighted by atomic mass is 19.3. The molecule has 10 nitrogen and oxygen atoms in total. The first-order valence-corrected chi connectivity index (χ1v) is 14.2. The number of halogens is 2. The Kier molecular flexibility index (Phi) is 8.26. The number of piperidine rings is 1. The standard InChI is InChI=1S/C28H37F2N7O3/c1-38-22-4-2-3-21-25(22)34-27(26(29)30)37(21)24-17-23(36-11-15-40-16-12-36)32-28(33-24)31-18-19-5-9-35(10-6-19)20-7-13-39-14-8-20/h2-4,17,19-20,26H,5-16,18H2,1H3,(H,31,32,33). The van der Waals surface area contributed by atoms with Gasteiger partial charge < -0.3 is 29.3 Å². The van der Waals surface area contributed by atoms with E-state index in [-0.39, 0.29) is 5.82 Å². The Morgan fingerprint density at radius 2 is 1.68 bits per heavy atom. The highest BCUT2D eigenvalue weighted by molar-refractivity contribution is 5.84. The molecule has 0 unspecified atom stereocenters. The molecule has 2 aromatic heterocycles. The van der Waals surface area contributed by atoms with Gasteiger partial charge in [-0.3, -0.25) is 4.57 Å². The summed E-state index contributed by atoms with van der Waals surface area (Å²) in [5.74, 6) is 2.00. The molecule has 0 atom stereocenters. The second kappa shape index (κ2) is 12.2. The Hall–Kier alpha value is -3.09. The van der Waals surface area contributed by atoms with Crippen LogP contribution in [0.1, 0.15) is 37.9 Å². The van der Waals surface area contributed by atoms with Crippen molar-refractivity contribution in [2.45, 2.75) is 38.2 Å². The third kappa shape index (κ3) is 5.70. The van der Waals surface area contributed by atoms with Crippen molar-refractivity contribution in [3.8, 4) is 11.6 Å². The van der Waals surface area contributed by atoms with Crippen LogP contribution in [0.4, 0.5) is 20.5 Å². The van der Waals surface area contributed by atoms with E-state index in [1.54, 1.807) is 24.3 Å². The molecular formula is C28H37F2N7O3. The number of imidazole rings is 1. The molecular weight excluding hydrogens is 520 g/mol. The number of fused-ring (bicyclic) bond motifs is 1. The number of anilines is 2. The van der Waals surface area contributed by atoms with Crippen LogP contribution in [0.15, 0.2) is 24.3 Å². The Bertz CT molecular complexity index is 1290. The number of methoxy groups -OCH3 is 1. The lowest BCUT2D eigenvalue weighted by atomic mass is 9.94. The van der Waals surface area contributed by atoms with E-state index in [2.05, 4.69) is 20.1 Å². The molecule has 40 heavy (non-hydrogen) atoms. The van der Waals surface area contributed by atoms with E-state index in [0.717, 1.165) is 58.5 Å². The van der Waals surface area contributed by atoms with E-state index in [1.807, 2.05) is 0 Å². The predicted molar refractivity (Wildman–Crippen MR) is 148 cm³/mol. The summed E-state index contributed by atoms with van der Waals surface area (Å²) in [7, 11) is 1.51. The molecule has 3 aromatic rings. The zero-order valence-electron chi connectivity index (χ0n) is 22.9. The molecule has 0 spiro atoms. The minimum absolute atomic E-state index is 0.347. The maximum atomic E-state index is 14.3. The molecule has 3 fully saturated rings. The number of morpholine rings is 1. The number of likely N-dealkylation sites (tertiary alicyclic amines) is 1. The first kappa shape index (κ1) is 27.1. The lowest BCUT2D eigenvalue weighted by Crippen LogP contribution is -2.44. The summed E-state index contributed by atoms with van der Waals surface area (Å²) < 4.78 is 46.4. The molecule has 3 aliphatic rings. The zero-order chi connectivity index (χ0) is 27.5. The number of rotatable bonds is 8. The molecule has 12 heteroatoms. The van der Waals surface area contributed by atoms with Crippen molar-refractivity contribution in [2.24, 2.45) is 5.92 Å². The molecule has 0 aliphatic carbocycles. The number of alkyl halides is 2. The highest BCUT2D eigenvalue weighted by Crippen LogP contribution is 2.33. The van der Waals surface area contributed by atoms with Crippen molar-refractivity contribution in [2.75, 3.05) is 76.5 Å². The second-order valence-corrected chi connectivity index (χ2v) is 10.6. The Balaban J connectivity index is 1.27. The van der Waals surface area contributed by atoms with Crippen LogP contribution in [-0.2, 0) is 9.47 Å². The van der Waals surface area contributed by atoms with E-state index in [9.17, 15) is 8.78 Å². The van der Waals surface area contributed by atoms with Gasteiger partial charge in [0.2, 0.25) is 5.95 Å². The van der Waals surface area contributed by atoms with Gasteiger partial charge in [-0.25, -0.2) is 13.8 Å². The van der Waals surface area contributed by atoms with Gasteiger partial charge in [-0.15, -0.1) is 0 Å². The summed E-state index contributed by atoms with van der Waals surface area (Å²) in [6, 6.07) is 7.63. The number of hydrogen-bond donors (Lipinski definition) is 1. The van der Waals surface area contributed by atoms with E-state index in [0.29, 0.717) is 72.6 Å². The lowest BCUT2D eigenvalue weighted by molar-refractivity contribution is 0.0219. The Morgan fingerprint density at radius 3 is 2.40 bits per heavy atom. The molecule has 3 saturated heterocycles. The van der Waals surface area contributed by atoms with Gasteiger partial charge in [-0.1, -0.05) is 6.07 Å². The third-order valence-electron chi connectivity index (χ3n) is 8.26. The van der Waals surface area contributed by atoms with Gasteiger partial charge in [0.1, 0.15) is 22.9 Å². The quantitative estimate of drug-likeness (QED) is 0.443. The highest BCUT2D eigenvalue weighted by Gasteiger charge is 2.28. The van der Waals surface area contributed by atoms with E-state index in [4.69, 9.17) is 24.2 Å². The van der Waals surface area contributed by atoms with Gasteiger partial charge in [0.15, 0.2) is 5.82 Å². The summed E-state index contributed by atoms with van der Waals surface area (Å²) in [4.78, 5) is 18.5. The van der Waals surface area contributed by atoms with E-state index >= 15 is 0 Å². The van der Waals surface area contributed by atoms with Crippen LogP contribution in [0, 0.1) is 5.92 Å². The summed E-state index contributed by atoms with van der Waals surface area (Å²) >= 11 is 0. The number of ether oxygens (including phenoxy) is 3. The number of benzene rings is 1. The van der Waals surface area contributed by atoms with Crippen LogP contribution in [0.25, 0.3) is 16.9 Å². The molecule has 6 rings (SSSR count). The van der Waals surface area contributed by atoms with Gasteiger partial charge in [0, 0.05) is 45.0 Å². The van der Waals surface area contributed by atoms with Crippen molar-refractivity contribution in [1.29, 1.82) is 0 Å². The first-order valence-electron chi connectivity index (χ1n) is 14.2. The minimum Gasteiger partial charge on any atom is -0.494 e. The largest absolute Gasteiger partial charge is 0.494 e. The number of aromatic nitrogens is 4. The third-order valence-corrected chi connectivity index (χ3v) is 8.26. The van der Waals surface area contributed by atoms with Gasteiger partial charge >= 0.3 is 0 Å². The van der Waals surface area contributed by atoms with Gasteiger partial charge in [0.05, 0.1) is 25.8 Å². The molecule has 0 bridgehead atoms. The normalized spacial score (nSPS) is 19.9. The van der Waals surface area contributed by atoms with Crippen LogP contribution < -0.4 is 15.0 Å². The van der Waals surface area contributed by atoms with Crippen molar-refractivity contribution in [3.05, 3.63) is 30.1 Å². The monoisotopic (exact) mass is 557 g/mol. The van der Waals surface area contributed by atoms with E-state index < -0.39 is 6.43 Å². The average molecular weight is 558 g/mol. The fourth-order valence-electron chi connectivity index (χ4n) is 6.02. The number of nitrogens with one attached hydrogen (secondary N) is 1.